The molecule has 3 rings (SSSR count). The third-order valence-electron chi connectivity index (χ3n) is 4.35. The van der Waals surface area contributed by atoms with Crippen LogP contribution in [0.2, 0.25) is 5.02 Å². The molecular weight excluding hydrogens is 352 g/mol. The lowest BCUT2D eigenvalue weighted by atomic mass is 10.2. The van der Waals surface area contributed by atoms with E-state index in [0.717, 1.165) is 31.9 Å². The van der Waals surface area contributed by atoms with Crippen LogP contribution in [0.4, 0.5) is 11.4 Å². The van der Waals surface area contributed by atoms with Crippen LogP contribution in [0.25, 0.3) is 0 Å². The fourth-order valence-corrected chi connectivity index (χ4v) is 3.11. The van der Waals surface area contributed by atoms with Crippen molar-refractivity contribution in [1.82, 2.24) is 9.88 Å². The molecule has 26 heavy (non-hydrogen) atoms. The Morgan fingerprint density at radius 3 is 2.77 bits per heavy atom. The summed E-state index contributed by atoms with van der Waals surface area (Å²) in [6.45, 7) is 6.07. The summed E-state index contributed by atoms with van der Waals surface area (Å²) < 4.78 is 5.46. The third-order valence-corrected chi connectivity index (χ3v) is 4.58. The van der Waals surface area contributed by atoms with Gasteiger partial charge in [-0.15, -0.1) is 0 Å². The summed E-state index contributed by atoms with van der Waals surface area (Å²) >= 11 is 6.17. The summed E-state index contributed by atoms with van der Waals surface area (Å²) in [7, 11) is 2.11. The maximum atomic E-state index is 12.8. The number of nitrogens with zero attached hydrogens (tertiary/aromatic N) is 3. The first-order valence-corrected chi connectivity index (χ1v) is 9.08. The van der Waals surface area contributed by atoms with Crippen molar-refractivity contribution in [2.45, 2.75) is 6.92 Å². The Balaban J connectivity index is 1.85. The van der Waals surface area contributed by atoms with Crippen molar-refractivity contribution in [2.75, 3.05) is 50.1 Å². The lowest BCUT2D eigenvalue weighted by Crippen LogP contribution is -2.44. The number of amides is 1. The van der Waals surface area contributed by atoms with Gasteiger partial charge in [0.25, 0.3) is 5.91 Å². The number of pyridine rings is 1. The van der Waals surface area contributed by atoms with Gasteiger partial charge >= 0.3 is 0 Å². The van der Waals surface area contributed by atoms with E-state index in [1.807, 2.05) is 19.1 Å². The Morgan fingerprint density at radius 1 is 1.27 bits per heavy atom. The second-order valence-corrected chi connectivity index (χ2v) is 6.63. The summed E-state index contributed by atoms with van der Waals surface area (Å²) in [5.74, 6) is 0.0647. The molecule has 6 nitrogen and oxygen atoms in total. The second kappa shape index (κ2) is 8.38. The third kappa shape index (κ3) is 4.26. The lowest BCUT2D eigenvalue weighted by Gasteiger charge is -2.35. The van der Waals surface area contributed by atoms with Gasteiger partial charge in [-0.25, -0.2) is 4.98 Å². The molecule has 1 aromatic heterocycles. The summed E-state index contributed by atoms with van der Waals surface area (Å²) in [6, 6.07) is 9.00. The van der Waals surface area contributed by atoms with Crippen molar-refractivity contribution in [3.8, 4) is 5.88 Å². The number of aromatic nitrogens is 1. The molecule has 1 fully saturated rings. The summed E-state index contributed by atoms with van der Waals surface area (Å²) in [5.41, 5.74) is 2.06. The molecule has 2 heterocycles. The fourth-order valence-electron chi connectivity index (χ4n) is 2.94. The molecule has 0 aliphatic carbocycles. The fraction of sp³-hybridized carbons (Fsp3) is 0.368. The van der Waals surface area contributed by atoms with Crippen molar-refractivity contribution in [2.24, 2.45) is 0 Å². The molecule has 1 N–H and O–H groups in total. The number of carbonyl (C=O) groups is 1. The van der Waals surface area contributed by atoms with Crippen molar-refractivity contribution in [3.05, 3.63) is 47.1 Å². The molecule has 138 valence electrons. The predicted octanol–water partition coefficient (Wildman–Crippen LogP) is 3.14. The number of likely N-dealkylation sites (N-methyl/N-ethyl adjacent to an activating group) is 1. The number of halogens is 1. The van der Waals surface area contributed by atoms with Gasteiger partial charge in [-0.05, 0) is 44.3 Å². The van der Waals surface area contributed by atoms with Crippen molar-refractivity contribution < 1.29 is 9.53 Å². The van der Waals surface area contributed by atoms with Gasteiger partial charge in [0, 0.05) is 37.4 Å². The van der Waals surface area contributed by atoms with Gasteiger partial charge in [-0.2, -0.15) is 0 Å². The van der Waals surface area contributed by atoms with Crippen LogP contribution >= 0.6 is 11.6 Å². The number of rotatable bonds is 5. The van der Waals surface area contributed by atoms with Gasteiger partial charge in [-0.3, -0.25) is 4.79 Å². The highest BCUT2D eigenvalue weighted by Gasteiger charge is 2.20. The number of nitrogens with one attached hydrogen (secondary N) is 1. The van der Waals surface area contributed by atoms with Crippen LogP contribution in [0, 0.1) is 0 Å². The molecule has 0 saturated carbocycles. The summed E-state index contributed by atoms with van der Waals surface area (Å²) in [5, 5.41) is 3.55. The van der Waals surface area contributed by atoms with Gasteiger partial charge in [0.1, 0.15) is 5.56 Å². The summed E-state index contributed by atoms with van der Waals surface area (Å²) in [6.07, 6.45) is 1.61. The van der Waals surface area contributed by atoms with Crippen LogP contribution in [-0.4, -0.2) is 55.6 Å². The van der Waals surface area contributed by atoms with Gasteiger partial charge in [0.05, 0.1) is 18.0 Å². The highest BCUT2D eigenvalue weighted by molar-refractivity contribution is 6.31. The molecule has 0 unspecified atom stereocenters. The molecule has 0 spiro atoms. The van der Waals surface area contributed by atoms with Crippen molar-refractivity contribution in [3.63, 3.8) is 0 Å². The molecule has 1 aliphatic heterocycles. The quantitative estimate of drug-likeness (QED) is 0.871. The molecule has 1 aromatic carbocycles. The largest absolute Gasteiger partial charge is 0.477 e. The lowest BCUT2D eigenvalue weighted by molar-refractivity contribution is 0.102. The minimum absolute atomic E-state index is 0.265. The summed E-state index contributed by atoms with van der Waals surface area (Å²) in [4.78, 5) is 21.5. The minimum atomic E-state index is -0.265. The van der Waals surface area contributed by atoms with Gasteiger partial charge in [0.15, 0.2) is 0 Å². The van der Waals surface area contributed by atoms with Gasteiger partial charge in [0.2, 0.25) is 5.88 Å². The molecule has 0 radical (unpaired) electrons. The first kappa shape index (κ1) is 18.5. The topological polar surface area (TPSA) is 57.7 Å². The molecule has 7 heteroatoms. The van der Waals surface area contributed by atoms with Crippen LogP contribution in [-0.2, 0) is 0 Å². The molecule has 0 atom stereocenters. The number of carbonyl (C=O) groups excluding carboxylic acids is 1. The van der Waals surface area contributed by atoms with Gasteiger partial charge in [-0.1, -0.05) is 11.6 Å². The Morgan fingerprint density at radius 2 is 2.04 bits per heavy atom. The van der Waals surface area contributed by atoms with Crippen molar-refractivity contribution >= 4 is 28.9 Å². The monoisotopic (exact) mass is 374 g/mol. The number of hydrogen-bond acceptors (Lipinski definition) is 5. The van der Waals surface area contributed by atoms with E-state index in [1.54, 1.807) is 24.4 Å². The zero-order valence-electron chi connectivity index (χ0n) is 15.0. The van der Waals surface area contributed by atoms with E-state index in [1.165, 1.54) is 0 Å². The van der Waals surface area contributed by atoms with E-state index in [0.29, 0.717) is 28.8 Å². The standard InChI is InChI=1S/C19H23ClN4O2/c1-3-26-19-15(5-4-8-21-19)18(25)22-16-13-14(20)6-7-17(16)24-11-9-23(2)10-12-24/h4-8,13H,3,9-12H2,1-2H3,(H,22,25). The van der Waals surface area contributed by atoms with E-state index in [9.17, 15) is 4.79 Å². The second-order valence-electron chi connectivity index (χ2n) is 6.20. The highest BCUT2D eigenvalue weighted by atomic mass is 35.5. The zero-order valence-corrected chi connectivity index (χ0v) is 15.8. The Bertz CT molecular complexity index is 776. The SMILES string of the molecule is CCOc1ncccc1C(=O)Nc1cc(Cl)ccc1N1CCN(C)CC1. The van der Waals surface area contributed by atoms with Crippen LogP contribution in [0.1, 0.15) is 17.3 Å². The van der Waals surface area contributed by atoms with E-state index in [2.05, 4.69) is 27.1 Å². The number of benzene rings is 1. The molecule has 1 amide bonds. The van der Waals surface area contributed by atoms with E-state index >= 15 is 0 Å². The van der Waals surface area contributed by atoms with Crippen molar-refractivity contribution in [1.29, 1.82) is 0 Å². The minimum Gasteiger partial charge on any atom is -0.477 e. The molecular formula is C19H23ClN4O2. The zero-order chi connectivity index (χ0) is 18.5. The average Bonchev–Trinajstić information content (AvgIpc) is 2.63. The maximum Gasteiger partial charge on any atom is 0.261 e. The van der Waals surface area contributed by atoms with E-state index in [-0.39, 0.29) is 5.91 Å². The number of anilines is 2. The van der Waals surface area contributed by atoms with Crippen LogP contribution < -0.4 is 15.0 Å². The molecule has 0 bridgehead atoms. The first-order valence-electron chi connectivity index (χ1n) is 8.70. The van der Waals surface area contributed by atoms with Crippen LogP contribution in [0.15, 0.2) is 36.5 Å². The Labute approximate surface area is 158 Å². The van der Waals surface area contributed by atoms with Gasteiger partial charge < -0.3 is 19.9 Å². The maximum absolute atomic E-state index is 12.8. The number of piperazine rings is 1. The molecule has 1 saturated heterocycles. The highest BCUT2D eigenvalue weighted by Crippen LogP contribution is 2.31. The number of hydrogen-bond donors (Lipinski definition) is 1. The van der Waals surface area contributed by atoms with Crippen LogP contribution in [0.3, 0.4) is 0 Å². The molecule has 2 aromatic rings. The van der Waals surface area contributed by atoms with Crippen LogP contribution in [0.5, 0.6) is 5.88 Å². The smallest absolute Gasteiger partial charge is 0.261 e. The Kier molecular flexibility index (Phi) is 5.96. The average molecular weight is 375 g/mol. The first-order chi connectivity index (χ1) is 12.6. The molecule has 1 aliphatic rings. The van der Waals surface area contributed by atoms with E-state index < -0.39 is 0 Å². The normalized spacial score (nSPS) is 15.0. The van der Waals surface area contributed by atoms with E-state index in [4.69, 9.17) is 16.3 Å². The predicted molar refractivity (Wildman–Crippen MR) is 105 cm³/mol. The number of ether oxygens (including phenoxy) is 1. The Hall–Kier alpha value is -2.31.